The molecule has 1 unspecified atom stereocenters. The van der Waals surface area contributed by atoms with E-state index in [9.17, 15) is 9.90 Å². The molecule has 1 rings (SSSR count). The fourth-order valence-electron chi connectivity index (χ4n) is 1.45. The van der Waals surface area contributed by atoms with Crippen LogP contribution in [-0.4, -0.2) is 52.1 Å². The molecule has 118 valence electrons. The van der Waals surface area contributed by atoms with Crippen LogP contribution in [0, 0.1) is 0 Å². The second kappa shape index (κ2) is 8.70. The number of alkyl halides is 1. The van der Waals surface area contributed by atoms with Gasteiger partial charge >= 0.3 is 0 Å². The summed E-state index contributed by atoms with van der Waals surface area (Å²) in [7, 11) is 0. The van der Waals surface area contributed by atoms with Gasteiger partial charge in [-0.05, 0) is 18.5 Å². The molecule has 0 radical (unpaired) electrons. The van der Waals surface area contributed by atoms with Crippen molar-refractivity contribution in [2.24, 2.45) is 0 Å². The molecule has 0 spiro atoms. The summed E-state index contributed by atoms with van der Waals surface area (Å²) < 4.78 is 5.28. The number of ketones is 1. The Kier molecular flexibility index (Phi) is 7.62. The molecule has 0 aliphatic heterocycles. The van der Waals surface area contributed by atoms with Gasteiger partial charge in [0.2, 0.25) is 5.28 Å². The molecule has 0 amide bonds. The third-order valence-corrected chi connectivity index (χ3v) is 3.28. The summed E-state index contributed by atoms with van der Waals surface area (Å²) in [6.45, 7) is 3.59. The van der Waals surface area contributed by atoms with Gasteiger partial charge in [0.05, 0.1) is 25.2 Å². The molecule has 1 heterocycles. The summed E-state index contributed by atoms with van der Waals surface area (Å²) in [6.07, 6.45) is -0.708. The molecular formula is C12H16Cl3N3O3. The quantitative estimate of drug-likeness (QED) is 0.423. The molecule has 0 fully saturated rings. The van der Waals surface area contributed by atoms with Gasteiger partial charge in [0.25, 0.3) is 0 Å². The highest BCUT2D eigenvalue weighted by Crippen LogP contribution is 2.25. The lowest BCUT2D eigenvalue weighted by Crippen LogP contribution is -2.26. The molecule has 1 aromatic heterocycles. The molecule has 1 aromatic rings. The van der Waals surface area contributed by atoms with E-state index in [0.717, 1.165) is 0 Å². The average molecular weight is 357 g/mol. The van der Waals surface area contributed by atoms with E-state index >= 15 is 0 Å². The maximum atomic E-state index is 11.4. The van der Waals surface area contributed by atoms with E-state index in [1.165, 1.54) is 6.92 Å². The molecule has 9 heteroatoms. The van der Waals surface area contributed by atoms with Crippen molar-refractivity contribution in [2.75, 3.05) is 24.4 Å². The first-order valence-corrected chi connectivity index (χ1v) is 7.46. The Hall–Kier alpha value is -0.660. The van der Waals surface area contributed by atoms with Gasteiger partial charge in [0, 0.05) is 13.0 Å². The van der Waals surface area contributed by atoms with E-state index in [-0.39, 0.29) is 46.1 Å². The zero-order valence-electron chi connectivity index (χ0n) is 11.6. The maximum Gasteiger partial charge on any atom is 0.225 e. The molecule has 6 nitrogen and oxygen atoms in total. The third kappa shape index (κ3) is 5.92. The molecule has 21 heavy (non-hydrogen) atoms. The van der Waals surface area contributed by atoms with Crippen molar-refractivity contribution in [3.8, 4) is 0 Å². The highest BCUT2D eigenvalue weighted by atomic mass is 35.5. The Morgan fingerprint density at radius 3 is 2.62 bits per heavy atom. The summed E-state index contributed by atoms with van der Waals surface area (Å²) in [6, 6.07) is -0.171. The fourth-order valence-corrected chi connectivity index (χ4v) is 1.98. The Bertz CT molecular complexity index is 502. The SMILES string of the molecule is CC(=O)c1nc(Cl)nc(N[C@H](C)COCC(O)CCl)c1Cl. The van der Waals surface area contributed by atoms with Crippen LogP contribution in [0.2, 0.25) is 10.3 Å². The van der Waals surface area contributed by atoms with Gasteiger partial charge in [-0.15, -0.1) is 11.6 Å². The van der Waals surface area contributed by atoms with Gasteiger partial charge in [-0.25, -0.2) is 4.98 Å². The van der Waals surface area contributed by atoms with Crippen LogP contribution in [0.1, 0.15) is 24.3 Å². The van der Waals surface area contributed by atoms with Gasteiger partial charge in [0.15, 0.2) is 11.6 Å². The number of aliphatic hydroxyl groups excluding tert-OH is 1. The predicted molar refractivity (Wildman–Crippen MR) is 82.7 cm³/mol. The summed E-state index contributed by atoms with van der Waals surface area (Å²) in [5.41, 5.74) is 0.0600. The minimum atomic E-state index is -0.708. The monoisotopic (exact) mass is 355 g/mol. The second-order valence-electron chi connectivity index (χ2n) is 4.45. The lowest BCUT2D eigenvalue weighted by Gasteiger charge is -2.17. The number of rotatable bonds is 8. The Morgan fingerprint density at radius 2 is 2.05 bits per heavy atom. The van der Waals surface area contributed by atoms with E-state index in [1.807, 2.05) is 6.92 Å². The van der Waals surface area contributed by atoms with Gasteiger partial charge in [-0.3, -0.25) is 4.79 Å². The van der Waals surface area contributed by atoms with Crippen LogP contribution in [0.5, 0.6) is 0 Å². The first-order valence-electron chi connectivity index (χ1n) is 6.17. The molecule has 0 aliphatic carbocycles. The summed E-state index contributed by atoms with van der Waals surface area (Å²) in [4.78, 5) is 19.1. The molecule has 2 atom stereocenters. The molecule has 0 aromatic carbocycles. The highest BCUT2D eigenvalue weighted by Gasteiger charge is 2.17. The fraction of sp³-hybridized carbons (Fsp3) is 0.583. The van der Waals surface area contributed by atoms with Crippen molar-refractivity contribution in [2.45, 2.75) is 26.0 Å². The largest absolute Gasteiger partial charge is 0.389 e. The van der Waals surface area contributed by atoms with Crippen LogP contribution in [-0.2, 0) is 4.74 Å². The average Bonchev–Trinajstić information content (AvgIpc) is 2.41. The summed E-state index contributed by atoms with van der Waals surface area (Å²) in [5, 5.41) is 12.3. The predicted octanol–water partition coefficient (Wildman–Crippen LogP) is 2.40. The first kappa shape index (κ1) is 18.4. The lowest BCUT2D eigenvalue weighted by molar-refractivity contribution is 0.0453. The number of anilines is 1. The van der Waals surface area contributed by atoms with E-state index < -0.39 is 6.10 Å². The number of hydrogen-bond acceptors (Lipinski definition) is 6. The molecule has 0 bridgehead atoms. The van der Waals surface area contributed by atoms with Crippen molar-refractivity contribution < 1.29 is 14.6 Å². The van der Waals surface area contributed by atoms with Crippen molar-refractivity contribution in [1.29, 1.82) is 0 Å². The summed E-state index contributed by atoms with van der Waals surface area (Å²) >= 11 is 17.3. The van der Waals surface area contributed by atoms with Crippen molar-refractivity contribution in [1.82, 2.24) is 9.97 Å². The van der Waals surface area contributed by atoms with E-state index in [4.69, 9.17) is 39.5 Å². The van der Waals surface area contributed by atoms with Crippen LogP contribution in [0.3, 0.4) is 0 Å². The number of aliphatic hydroxyl groups is 1. The zero-order valence-corrected chi connectivity index (χ0v) is 13.8. The smallest absolute Gasteiger partial charge is 0.225 e. The van der Waals surface area contributed by atoms with E-state index in [2.05, 4.69) is 15.3 Å². The number of aromatic nitrogens is 2. The highest BCUT2D eigenvalue weighted by molar-refractivity contribution is 6.36. The normalized spacial score (nSPS) is 13.8. The van der Waals surface area contributed by atoms with Crippen LogP contribution >= 0.6 is 34.8 Å². The van der Waals surface area contributed by atoms with Crippen LogP contribution in [0.15, 0.2) is 0 Å². The molecule has 0 saturated carbocycles. The van der Waals surface area contributed by atoms with Crippen molar-refractivity contribution >= 4 is 46.4 Å². The molecular weight excluding hydrogens is 341 g/mol. The standard InChI is InChI=1S/C12H16Cl3N3O3/c1-6(4-21-5-8(20)3-13)16-11-9(14)10(7(2)19)17-12(15)18-11/h6,8,20H,3-5H2,1-2H3,(H,16,17,18)/t6-,8?/m1/s1. The van der Waals surface area contributed by atoms with Crippen molar-refractivity contribution in [3.05, 3.63) is 16.0 Å². The lowest BCUT2D eigenvalue weighted by atomic mass is 10.3. The number of carbonyl (C=O) groups excluding carboxylic acids is 1. The summed E-state index contributed by atoms with van der Waals surface area (Å²) in [5.74, 6) is 0.0641. The number of hydrogen-bond donors (Lipinski definition) is 2. The number of halogens is 3. The van der Waals surface area contributed by atoms with Gasteiger partial charge in [-0.2, -0.15) is 4.98 Å². The zero-order chi connectivity index (χ0) is 16.0. The van der Waals surface area contributed by atoms with Gasteiger partial charge < -0.3 is 15.2 Å². The number of Topliss-reactive ketones (excluding diaryl/α,β-unsaturated/α-hetero) is 1. The molecule has 2 N–H and O–H groups in total. The number of nitrogens with one attached hydrogen (secondary N) is 1. The Balaban J connectivity index is 2.68. The Labute approximate surface area is 137 Å². The minimum absolute atomic E-state index is 0.0600. The van der Waals surface area contributed by atoms with Crippen LogP contribution in [0.25, 0.3) is 0 Å². The molecule has 0 saturated heterocycles. The minimum Gasteiger partial charge on any atom is -0.389 e. The van der Waals surface area contributed by atoms with Crippen LogP contribution < -0.4 is 5.32 Å². The topological polar surface area (TPSA) is 84.3 Å². The molecule has 0 aliphatic rings. The van der Waals surface area contributed by atoms with E-state index in [0.29, 0.717) is 6.61 Å². The number of carbonyl (C=O) groups is 1. The number of ether oxygens (including phenoxy) is 1. The Morgan fingerprint density at radius 1 is 1.38 bits per heavy atom. The first-order chi connectivity index (χ1) is 9.85. The van der Waals surface area contributed by atoms with Gasteiger partial charge in [-0.1, -0.05) is 11.6 Å². The van der Waals surface area contributed by atoms with Gasteiger partial charge in [0.1, 0.15) is 10.7 Å². The van der Waals surface area contributed by atoms with Crippen molar-refractivity contribution in [3.63, 3.8) is 0 Å². The van der Waals surface area contributed by atoms with Crippen LogP contribution in [0.4, 0.5) is 5.82 Å². The number of nitrogens with zero attached hydrogens (tertiary/aromatic N) is 2. The third-order valence-electron chi connectivity index (χ3n) is 2.40. The second-order valence-corrected chi connectivity index (χ2v) is 5.48. The maximum absolute atomic E-state index is 11.4. The van der Waals surface area contributed by atoms with E-state index in [1.54, 1.807) is 0 Å².